The molecule has 0 aliphatic rings. The summed E-state index contributed by atoms with van der Waals surface area (Å²) < 4.78 is 1.96. The van der Waals surface area contributed by atoms with Crippen molar-refractivity contribution in [2.45, 2.75) is 32.5 Å². The Bertz CT molecular complexity index is 614. The number of hydrogen-bond acceptors (Lipinski definition) is 1. The smallest absolute Gasteiger partial charge is 0.155 e. The van der Waals surface area contributed by atoms with E-state index in [2.05, 4.69) is 36.1 Å². The number of imidazole rings is 1. The summed E-state index contributed by atoms with van der Waals surface area (Å²) in [4.78, 5) is 4.52. The molecule has 0 saturated carbocycles. The third-order valence-electron chi connectivity index (χ3n) is 2.45. The van der Waals surface area contributed by atoms with Crippen LogP contribution in [0.5, 0.6) is 0 Å². The maximum Gasteiger partial charge on any atom is 0.155 e. The molecule has 0 aliphatic heterocycles. The van der Waals surface area contributed by atoms with Crippen LogP contribution in [0.15, 0.2) is 24.5 Å². The minimum absolute atomic E-state index is 0.692. The van der Waals surface area contributed by atoms with Crippen molar-refractivity contribution in [2.24, 2.45) is 0 Å². The summed E-state index contributed by atoms with van der Waals surface area (Å²) in [6, 6.07) is 3.78. The Kier molecular flexibility index (Phi) is 3.79. The molecule has 0 aliphatic carbocycles. The van der Waals surface area contributed by atoms with Gasteiger partial charge in [-0.15, -0.1) is 11.5 Å². The van der Waals surface area contributed by atoms with Crippen molar-refractivity contribution in [3.05, 3.63) is 35.2 Å². The summed E-state index contributed by atoms with van der Waals surface area (Å²) in [6.07, 6.45) is 5.74. The largest absolute Gasteiger partial charge is 0.306 e. The van der Waals surface area contributed by atoms with Gasteiger partial charge in [0.05, 0.1) is 10.7 Å². The van der Waals surface area contributed by atoms with Gasteiger partial charge in [0.15, 0.2) is 5.65 Å². The molecule has 0 amide bonds. The van der Waals surface area contributed by atoms with Crippen LogP contribution in [0, 0.1) is 11.5 Å². The van der Waals surface area contributed by atoms with Gasteiger partial charge in [-0.2, -0.15) is 0 Å². The predicted molar refractivity (Wildman–Crippen MR) is 79.6 cm³/mol. The van der Waals surface area contributed by atoms with E-state index in [1.807, 2.05) is 28.9 Å². The van der Waals surface area contributed by atoms with Crippen LogP contribution >= 0.6 is 11.6 Å². The third-order valence-corrected chi connectivity index (χ3v) is 3.68. The van der Waals surface area contributed by atoms with E-state index in [9.17, 15) is 0 Å². The van der Waals surface area contributed by atoms with Gasteiger partial charge in [-0.05, 0) is 12.1 Å². The molecule has 18 heavy (non-hydrogen) atoms. The van der Waals surface area contributed by atoms with Crippen LogP contribution in [0.4, 0.5) is 0 Å². The first-order valence-corrected chi connectivity index (χ1v) is 9.96. The van der Waals surface area contributed by atoms with Gasteiger partial charge in [0, 0.05) is 25.2 Å². The number of nitrogens with zero attached hydrogens (tertiary/aromatic N) is 2. The first kappa shape index (κ1) is 13.2. The predicted octanol–water partition coefficient (Wildman–Crippen LogP) is 3.80. The number of hydrogen-bond donors (Lipinski definition) is 0. The Labute approximate surface area is 114 Å². The summed E-state index contributed by atoms with van der Waals surface area (Å²) >= 11 is 6.09. The van der Waals surface area contributed by atoms with E-state index >= 15 is 0 Å². The fraction of sp³-hybridized carbons (Fsp3) is 0.357. The van der Waals surface area contributed by atoms with Gasteiger partial charge in [-0.1, -0.05) is 31.2 Å². The standard InChI is InChI=1S/C14H17ClN2Si/c1-18(2,3)10-5-4-7-12-11-17-9-6-8-13(15)14(17)16-12/h6,8-9,11H,4,7H2,1-3H3. The van der Waals surface area contributed by atoms with Crippen LogP contribution in [0.2, 0.25) is 24.7 Å². The molecule has 94 valence electrons. The second-order valence-electron chi connectivity index (χ2n) is 5.37. The molecule has 0 aromatic carbocycles. The quantitative estimate of drug-likeness (QED) is 0.602. The zero-order chi connectivity index (χ0) is 13.2. The highest BCUT2D eigenvalue weighted by Crippen LogP contribution is 2.16. The molecular formula is C14H17ClN2Si. The van der Waals surface area contributed by atoms with Crippen LogP contribution in [-0.4, -0.2) is 17.5 Å². The molecule has 0 spiro atoms. The molecule has 0 saturated heterocycles. The Morgan fingerprint density at radius 2 is 2.17 bits per heavy atom. The summed E-state index contributed by atoms with van der Waals surface area (Å²) in [5.41, 5.74) is 5.24. The fourth-order valence-electron chi connectivity index (χ4n) is 1.67. The molecule has 0 unspecified atom stereocenters. The van der Waals surface area contributed by atoms with Gasteiger partial charge in [0.25, 0.3) is 0 Å². The first-order chi connectivity index (χ1) is 8.46. The third kappa shape index (κ3) is 3.38. The average Bonchev–Trinajstić information content (AvgIpc) is 2.68. The van der Waals surface area contributed by atoms with E-state index in [1.165, 1.54) is 0 Å². The molecule has 0 fully saturated rings. The lowest BCUT2D eigenvalue weighted by Crippen LogP contribution is -2.16. The lowest BCUT2D eigenvalue weighted by Gasteiger charge is -2.02. The Morgan fingerprint density at radius 3 is 2.83 bits per heavy atom. The first-order valence-electron chi connectivity index (χ1n) is 6.08. The van der Waals surface area contributed by atoms with Crippen molar-refractivity contribution < 1.29 is 0 Å². The highest BCUT2D eigenvalue weighted by atomic mass is 35.5. The van der Waals surface area contributed by atoms with Crippen LogP contribution in [0.25, 0.3) is 5.65 Å². The summed E-state index contributed by atoms with van der Waals surface area (Å²) in [7, 11) is -1.24. The molecule has 0 atom stereocenters. The fourth-order valence-corrected chi connectivity index (χ4v) is 2.54. The monoisotopic (exact) mass is 276 g/mol. The van der Waals surface area contributed by atoms with Crippen molar-refractivity contribution in [2.75, 3.05) is 0 Å². The number of rotatable bonds is 2. The average molecular weight is 277 g/mol. The summed E-state index contributed by atoms with van der Waals surface area (Å²) in [6.45, 7) is 6.76. The molecule has 0 bridgehead atoms. The van der Waals surface area contributed by atoms with E-state index in [0.717, 1.165) is 24.2 Å². The second kappa shape index (κ2) is 5.17. The SMILES string of the molecule is C[Si](C)(C)C#CCCc1cn2cccc(Cl)c2n1. The van der Waals surface area contributed by atoms with Gasteiger partial charge >= 0.3 is 0 Å². The van der Waals surface area contributed by atoms with Crippen molar-refractivity contribution in [1.82, 2.24) is 9.38 Å². The molecule has 2 rings (SSSR count). The van der Waals surface area contributed by atoms with Gasteiger partial charge in [0.1, 0.15) is 8.07 Å². The van der Waals surface area contributed by atoms with Crippen LogP contribution in [-0.2, 0) is 6.42 Å². The topological polar surface area (TPSA) is 17.3 Å². The molecule has 2 heterocycles. The van der Waals surface area contributed by atoms with Crippen LogP contribution in [0.3, 0.4) is 0 Å². The lowest BCUT2D eigenvalue weighted by atomic mass is 10.3. The molecule has 0 N–H and O–H groups in total. The number of halogens is 1. The molecule has 2 nitrogen and oxygen atoms in total. The minimum atomic E-state index is -1.24. The normalized spacial score (nSPS) is 11.3. The summed E-state index contributed by atoms with van der Waals surface area (Å²) in [5.74, 6) is 3.26. The minimum Gasteiger partial charge on any atom is -0.306 e. The molecule has 4 heteroatoms. The number of fused-ring (bicyclic) bond motifs is 1. The Balaban J connectivity index is 2.08. The summed E-state index contributed by atoms with van der Waals surface area (Å²) in [5, 5.41) is 0.692. The van der Waals surface area contributed by atoms with Crippen LogP contribution in [0.1, 0.15) is 12.1 Å². The zero-order valence-corrected chi connectivity index (χ0v) is 12.8. The number of aromatic nitrogens is 2. The maximum atomic E-state index is 6.09. The number of pyridine rings is 1. The van der Waals surface area contributed by atoms with Gasteiger partial charge < -0.3 is 4.40 Å². The molecule has 2 aromatic rings. The van der Waals surface area contributed by atoms with Crippen LogP contribution < -0.4 is 0 Å². The van der Waals surface area contributed by atoms with Crippen molar-refractivity contribution >= 4 is 25.3 Å². The maximum absolute atomic E-state index is 6.09. The van der Waals surface area contributed by atoms with Gasteiger partial charge in [0.2, 0.25) is 0 Å². The second-order valence-corrected chi connectivity index (χ2v) is 10.5. The van der Waals surface area contributed by atoms with Crippen molar-refractivity contribution in [3.63, 3.8) is 0 Å². The van der Waals surface area contributed by atoms with E-state index < -0.39 is 8.07 Å². The molecular weight excluding hydrogens is 260 g/mol. The Morgan fingerprint density at radius 1 is 1.39 bits per heavy atom. The van der Waals surface area contributed by atoms with Crippen molar-refractivity contribution in [1.29, 1.82) is 0 Å². The highest BCUT2D eigenvalue weighted by Gasteiger charge is 2.07. The zero-order valence-electron chi connectivity index (χ0n) is 11.0. The molecule has 2 aromatic heterocycles. The van der Waals surface area contributed by atoms with Gasteiger partial charge in [-0.25, -0.2) is 4.98 Å². The van der Waals surface area contributed by atoms with E-state index in [4.69, 9.17) is 11.6 Å². The van der Waals surface area contributed by atoms with Gasteiger partial charge in [-0.3, -0.25) is 0 Å². The number of aryl methyl sites for hydroxylation is 1. The van der Waals surface area contributed by atoms with E-state index in [-0.39, 0.29) is 0 Å². The van der Waals surface area contributed by atoms with E-state index in [1.54, 1.807) is 0 Å². The van der Waals surface area contributed by atoms with E-state index in [0.29, 0.717) is 5.02 Å². The molecule has 0 radical (unpaired) electrons. The lowest BCUT2D eigenvalue weighted by molar-refractivity contribution is 0.983. The highest BCUT2D eigenvalue weighted by molar-refractivity contribution is 6.83. The van der Waals surface area contributed by atoms with Crippen molar-refractivity contribution in [3.8, 4) is 11.5 Å². The Hall–Kier alpha value is -1.24.